The van der Waals surface area contributed by atoms with Gasteiger partial charge in [0.1, 0.15) is 0 Å². The standard InChI is InChI=1S/C14H14F3N3S/c15-14(16,17)13-19-7-11(21-13)12(20-18)10-5-4-8-2-1-3-9(8)6-10/h4-7,12,20H,1-3,18H2. The molecular weight excluding hydrogens is 299 g/mol. The number of nitrogens with zero attached hydrogens (tertiary/aromatic N) is 1. The number of nitrogens with one attached hydrogen (secondary N) is 1. The lowest BCUT2D eigenvalue weighted by atomic mass is 10.0. The zero-order valence-electron chi connectivity index (χ0n) is 11.1. The van der Waals surface area contributed by atoms with E-state index in [9.17, 15) is 13.2 Å². The number of alkyl halides is 3. The molecule has 0 fully saturated rings. The van der Waals surface area contributed by atoms with Crippen molar-refractivity contribution in [2.24, 2.45) is 5.84 Å². The van der Waals surface area contributed by atoms with Crippen molar-refractivity contribution >= 4 is 11.3 Å². The molecule has 0 saturated heterocycles. The maximum absolute atomic E-state index is 12.6. The fourth-order valence-corrected chi connectivity index (χ4v) is 3.54. The summed E-state index contributed by atoms with van der Waals surface area (Å²) >= 11 is 0.622. The van der Waals surface area contributed by atoms with E-state index in [0.717, 1.165) is 24.8 Å². The molecule has 0 saturated carbocycles. The Kier molecular flexibility index (Phi) is 3.73. The summed E-state index contributed by atoms with van der Waals surface area (Å²) in [6.07, 6.45) is 0.0234. The number of thiazole rings is 1. The highest BCUT2D eigenvalue weighted by molar-refractivity contribution is 7.11. The Morgan fingerprint density at radius 1 is 1.24 bits per heavy atom. The van der Waals surface area contributed by atoms with Crippen molar-refractivity contribution in [3.8, 4) is 0 Å². The molecule has 1 aromatic heterocycles. The Labute approximate surface area is 124 Å². The summed E-state index contributed by atoms with van der Waals surface area (Å²) in [7, 11) is 0. The molecule has 1 aliphatic carbocycles. The van der Waals surface area contributed by atoms with E-state index in [1.807, 2.05) is 18.2 Å². The molecule has 0 amide bonds. The molecule has 3 N–H and O–H groups in total. The summed E-state index contributed by atoms with van der Waals surface area (Å²) < 4.78 is 37.9. The van der Waals surface area contributed by atoms with Crippen LogP contribution in [0.3, 0.4) is 0 Å². The van der Waals surface area contributed by atoms with Gasteiger partial charge >= 0.3 is 6.18 Å². The highest BCUT2D eigenvalue weighted by Crippen LogP contribution is 2.36. The minimum Gasteiger partial charge on any atom is -0.271 e. The van der Waals surface area contributed by atoms with Crippen molar-refractivity contribution in [2.75, 3.05) is 0 Å². The second-order valence-electron chi connectivity index (χ2n) is 5.05. The van der Waals surface area contributed by atoms with E-state index in [4.69, 9.17) is 5.84 Å². The molecule has 0 bridgehead atoms. The van der Waals surface area contributed by atoms with Crippen LogP contribution in [0.15, 0.2) is 24.4 Å². The van der Waals surface area contributed by atoms with Crippen LogP contribution in [0.5, 0.6) is 0 Å². The first-order chi connectivity index (χ1) is 9.99. The van der Waals surface area contributed by atoms with Crippen LogP contribution in [0.25, 0.3) is 0 Å². The van der Waals surface area contributed by atoms with Crippen LogP contribution >= 0.6 is 11.3 Å². The van der Waals surface area contributed by atoms with E-state index in [2.05, 4.69) is 10.4 Å². The third-order valence-electron chi connectivity index (χ3n) is 3.67. The zero-order valence-corrected chi connectivity index (χ0v) is 11.9. The van der Waals surface area contributed by atoms with Gasteiger partial charge in [0.05, 0.1) is 6.04 Å². The SMILES string of the molecule is NNC(c1ccc2c(c1)CCC2)c1cnc(C(F)(F)F)s1. The molecule has 7 heteroatoms. The van der Waals surface area contributed by atoms with Gasteiger partial charge in [0.25, 0.3) is 0 Å². The molecule has 1 heterocycles. The Morgan fingerprint density at radius 3 is 2.67 bits per heavy atom. The summed E-state index contributed by atoms with van der Waals surface area (Å²) in [4.78, 5) is 3.91. The Hall–Kier alpha value is -1.44. The average molecular weight is 313 g/mol. The zero-order chi connectivity index (χ0) is 15.0. The lowest BCUT2D eigenvalue weighted by molar-refractivity contribution is -0.137. The number of hydrogen-bond donors (Lipinski definition) is 2. The lowest BCUT2D eigenvalue weighted by Crippen LogP contribution is -2.28. The van der Waals surface area contributed by atoms with E-state index in [1.54, 1.807) is 0 Å². The third-order valence-corrected chi connectivity index (χ3v) is 4.78. The predicted molar refractivity (Wildman–Crippen MR) is 74.7 cm³/mol. The van der Waals surface area contributed by atoms with E-state index in [1.165, 1.54) is 17.3 Å². The summed E-state index contributed by atoms with van der Waals surface area (Å²) in [5.74, 6) is 5.55. The number of rotatable bonds is 3. The molecule has 1 atom stereocenters. The van der Waals surface area contributed by atoms with Crippen molar-refractivity contribution in [3.63, 3.8) is 0 Å². The van der Waals surface area contributed by atoms with Crippen molar-refractivity contribution in [1.82, 2.24) is 10.4 Å². The van der Waals surface area contributed by atoms with Gasteiger partial charge in [-0.3, -0.25) is 5.84 Å². The summed E-state index contributed by atoms with van der Waals surface area (Å²) in [5, 5.41) is -0.848. The van der Waals surface area contributed by atoms with Crippen LogP contribution in [-0.4, -0.2) is 4.98 Å². The van der Waals surface area contributed by atoms with Gasteiger partial charge in [0.15, 0.2) is 5.01 Å². The number of hydrazine groups is 1. The molecule has 0 spiro atoms. The largest absolute Gasteiger partial charge is 0.443 e. The van der Waals surface area contributed by atoms with Crippen LogP contribution in [0.4, 0.5) is 13.2 Å². The number of benzene rings is 1. The van der Waals surface area contributed by atoms with Crippen molar-refractivity contribution < 1.29 is 13.2 Å². The maximum atomic E-state index is 12.6. The molecule has 0 radical (unpaired) electrons. The lowest BCUT2D eigenvalue weighted by Gasteiger charge is -2.15. The number of aromatic nitrogens is 1. The van der Waals surface area contributed by atoms with E-state index in [0.29, 0.717) is 16.2 Å². The molecule has 1 aliphatic rings. The maximum Gasteiger partial charge on any atom is 0.443 e. The van der Waals surface area contributed by atoms with Gasteiger partial charge in [0, 0.05) is 11.1 Å². The smallest absolute Gasteiger partial charge is 0.271 e. The van der Waals surface area contributed by atoms with Gasteiger partial charge in [-0.15, -0.1) is 11.3 Å². The first kappa shape index (κ1) is 14.5. The van der Waals surface area contributed by atoms with E-state index < -0.39 is 17.2 Å². The monoisotopic (exact) mass is 313 g/mol. The normalized spacial score (nSPS) is 16.0. The van der Waals surface area contributed by atoms with Gasteiger partial charge in [-0.2, -0.15) is 13.2 Å². The van der Waals surface area contributed by atoms with Gasteiger partial charge in [-0.1, -0.05) is 18.2 Å². The van der Waals surface area contributed by atoms with Crippen LogP contribution in [0.2, 0.25) is 0 Å². The van der Waals surface area contributed by atoms with Crippen molar-refractivity contribution in [2.45, 2.75) is 31.5 Å². The Balaban J connectivity index is 1.93. The van der Waals surface area contributed by atoms with Gasteiger partial charge < -0.3 is 0 Å². The molecule has 3 nitrogen and oxygen atoms in total. The minimum atomic E-state index is -4.42. The number of hydrogen-bond acceptors (Lipinski definition) is 4. The molecule has 21 heavy (non-hydrogen) atoms. The number of halogens is 3. The number of nitrogens with two attached hydrogens (primary N) is 1. The molecule has 3 rings (SSSR count). The van der Waals surface area contributed by atoms with Crippen molar-refractivity contribution in [3.05, 3.63) is 51.0 Å². The number of aryl methyl sites for hydroxylation is 2. The summed E-state index contributed by atoms with van der Waals surface area (Å²) in [6, 6.07) is 5.51. The minimum absolute atomic E-state index is 0.461. The Bertz CT molecular complexity index is 651. The summed E-state index contributed by atoms with van der Waals surface area (Å²) in [6.45, 7) is 0. The van der Waals surface area contributed by atoms with Crippen molar-refractivity contribution in [1.29, 1.82) is 0 Å². The van der Waals surface area contributed by atoms with Crippen LogP contribution in [0, 0.1) is 0 Å². The van der Waals surface area contributed by atoms with Gasteiger partial charge in [-0.25, -0.2) is 10.4 Å². The van der Waals surface area contributed by atoms with E-state index >= 15 is 0 Å². The first-order valence-corrected chi connectivity index (χ1v) is 7.41. The van der Waals surface area contributed by atoms with Crippen LogP contribution < -0.4 is 11.3 Å². The molecule has 112 valence electrons. The quantitative estimate of drug-likeness (QED) is 0.676. The van der Waals surface area contributed by atoms with Crippen LogP contribution in [-0.2, 0) is 19.0 Å². The highest BCUT2D eigenvalue weighted by Gasteiger charge is 2.35. The van der Waals surface area contributed by atoms with Crippen LogP contribution in [0.1, 0.15) is 39.0 Å². The molecule has 1 aromatic carbocycles. The highest BCUT2D eigenvalue weighted by atomic mass is 32.1. The molecular formula is C14H14F3N3S. The number of fused-ring (bicyclic) bond motifs is 1. The molecule has 1 unspecified atom stereocenters. The Morgan fingerprint density at radius 2 is 2.00 bits per heavy atom. The molecule has 2 aromatic rings. The fourth-order valence-electron chi connectivity index (χ4n) is 2.67. The topological polar surface area (TPSA) is 50.9 Å². The third kappa shape index (κ3) is 2.81. The second-order valence-corrected chi connectivity index (χ2v) is 6.11. The predicted octanol–water partition coefficient (Wildman–Crippen LogP) is 3.20. The van der Waals surface area contributed by atoms with Gasteiger partial charge in [0.2, 0.25) is 0 Å². The molecule has 0 aliphatic heterocycles. The van der Waals surface area contributed by atoms with E-state index in [-0.39, 0.29) is 0 Å². The van der Waals surface area contributed by atoms with Gasteiger partial charge in [-0.05, 0) is 36.0 Å². The average Bonchev–Trinajstić information content (AvgIpc) is 3.06. The fraction of sp³-hybridized carbons (Fsp3) is 0.357. The first-order valence-electron chi connectivity index (χ1n) is 6.60. The summed E-state index contributed by atoms with van der Waals surface area (Å²) in [5.41, 5.74) is 6.04. The second kappa shape index (κ2) is 5.40.